The molecule has 0 bridgehead atoms. The molecule has 3 heterocycles. The topological polar surface area (TPSA) is 78.0 Å². The van der Waals surface area contributed by atoms with Crippen LogP contribution < -0.4 is 15.4 Å². The molecule has 1 aromatic carbocycles. The van der Waals surface area contributed by atoms with Crippen LogP contribution in [0.3, 0.4) is 0 Å². The quantitative estimate of drug-likeness (QED) is 0.754. The van der Waals surface area contributed by atoms with E-state index in [-0.39, 0.29) is 5.56 Å². The van der Waals surface area contributed by atoms with Crippen molar-refractivity contribution in [3.05, 3.63) is 64.8 Å². The Kier molecular flexibility index (Phi) is 5.06. The predicted octanol–water partition coefficient (Wildman–Crippen LogP) is 2.68. The third-order valence-corrected chi connectivity index (χ3v) is 4.96. The normalized spacial score (nSPS) is 14.5. The first kappa shape index (κ1) is 18.2. The minimum absolute atomic E-state index is 0.186. The molecular formula is C21H24N6O. The molecule has 0 amide bonds. The molecule has 1 aliphatic heterocycles. The Balaban J connectivity index is 1.55. The largest absolute Gasteiger partial charge is 0.366 e. The average Bonchev–Trinajstić information content (AvgIpc) is 2.74. The summed E-state index contributed by atoms with van der Waals surface area (Å²) in [6, 6.07) is 13.6. The minimum Gasteiger partial charge on any atom is -0.366 e. The van der Waals surface area contributed by atoms with Gasteiger partial charge in [-0.3, -0.25) is 4.79 Å². The van der Waals surface area contributed by atoms with Gasteiger partial charge in [0.15, 0.2) is 0 Å². The van der Waals surface area contributed by atoms with Gasteiger partial charge in [-0.1, -0.05) is 44.2 Å². The SMILES string of the molecule is CC(C)c1nccc(N2CCN(c3cc(=O)[nH]nc3-c3ccccc3)CC2)n1. The van der Waals surface area contributed by atoms with E-state index in [9.17, 15) is 4.79 Å². The number of anilines is 2. The van der Waals surface area contributed by atoms with Gasteiger partial charge in [0.25, 0.3) is 5.56 Å². The fourth-order valence-electron chi connectivity index (χ4n) is 3.44. The molecule has 1 aliphatic rings. The Labute approximate surface area is 164 Å². The molecule has 0 aliphatic carbocycles. The fraction of sp³-hybridized carbons (Fsp3) is 0.333. The standard InChI is InChI=1S/C21H24N6O/c1-15(2)21-22-9-8-18(23-21)27-12-10-26(11-13-27)17-14-19(28)24-25-20(17)16-6-4-3-5-7-16/h3-9,14-15H,10-13H2,1-2H3,(H,24,28). The molecule has 1 saturated heterocycles. The van der Waals surface area contributed by atoms with Crippen molar-refractivity contribution in [2.75, 3.05) is 36.0 Å². The molecule has 0 unspecified atom stereocenters. The Morgan fingerprint density at radius 2 is 1.71 bits per heavy atom. The van der Waals surface area contributed by atoms with E-state index in [1.807, 2.05) is 42.6 Å². The number of piperazine rings is 1. The van der Waals surface area contributed by atoms with Crippen LogP contribution in [-0.2, 0) is 0 Å². The van der Waals surface area contributed by atoms with Gasteiger partial charge >= 0.3 is 0 Å². The van der Waals surface area contributed by atoms with Gasteiger partial charge in [0, 0.05) is 49.9 Å². The summed E-state index contributed by atoms with van der Waals surface area (Å²) in [4.78, 5) is 25.5. The smallest absolute Gasteiger partial charge is 0.266 e. The van der Waals surface area contributed by atoms with E-state index in [1.165, 1.54) is 0 Å². The van der Waals surface area contributed by atoms with Crippen molar-refractivity contribution in [1.82, 2.24) is 20.2 Å². The van der Waals surface area contributed by atoms with E-state index < -0.39 is 0 Å². The lowest BCUT2D eigenvalue weighted by atomic mass is 10.1. The maximum atomic E-state index is 11.9. The molecular weight excluding hydrogens is 352 g/mol. The summed E-state index contributed by atoms with van der Waals surface area (Å²) in [6.45, 7) is 7.45. The molecule has 0 radical (unpaired) electrons. The lowest BCUT2D eigenvalue weighted by Gasteiger charge is -2.37. The Bertz CT molecular complexity index is 993. The van der Waals surface area contributed by atoms with Crippen LogP contribution in [0.15, 0.2) is 53.5 Å². The predicted molar refractivity (Wildman–Crippen MR) is 111 cm³/mol. The monoisotopic (exact) mass is 376 g/mol. The second-order valence-corrected chi connectivity index (χ2v) is 7.23. The van der Waals surface area contributed by atoms with Gasteiger partial charge < -0.3 is 9.80 Å². The molecule has 2 aromatic heterocycles. The maximum Gasteiger partial charge on any atom is 0.266 e. The summed E-state index contributed by atoms with van der Waals surface area (Å²) >= 11 is 0. The van der Waals surface area contributed by atoms with Crippen molar-refractivity contribution >= 4 is 11.5 Å². The fourth-order valence-corrected chi connectivity index (χ4v) is 3.44. The number of aromatic amines is 1. The Morgan fingerprint density at radius 3 is 2.43 bits per heavy atom. The third-order valence-electron chi connectivity index (χ3n) is 4.96. The van der Waals surface area contributed by atoms with Crippen molar-refractivity contribution in [3.8, 4) is 11.3 Å². The first-order chi connectivity index (χ1) is 13.6. The van der Waals surface area contributed by atoms with Gasteiger partial charge in [0.1, 0.15) is 17.3 Å². The highest BCUT2D eigenvalue weighted by Crippen LogP contribution is 2.28. The number of rotatable bonds is 4. The van der Waals surface area contributed by atoms with E-state index in [0.717, 1.165) is 54.8 Å². The molecule has 0 atom stereocenters. The van der Waals surface area contributed by atoms with Crippen molar-refractivity contribution in [2.24, 2.45) is 0 Å². The number of hydrogen-bond donors (Lipinski definition) is 1. The van der Waals surface area contributed by atoms with Crippen LogP contribution in [0, 0.1) is 0 Å². The lowest BCUT2D eigenvalue weighted by Crippen LogP contribution is -2.47. The van der Waals surface area contributed by atoms with Crippen molar-refractivity contribution in [1.29, 1.82) is 0 Å². The number of nitrogens with one attached hydrogen (secondary N) is 1. The maximum absolute atomic E-state index is 11.9. The van der Waals surface area contributed by atoms with Crippen LogP contribution in [-0.4, -0.2) is 46.3 Å². The zero-order valence-corrected chi connectivity index (χ0v) is 16.2. The van der Waals surface area contributed by atoms with Gasteiger partial charge in [0.2, 0.25) is 0 Å². The molecule has 7 nitrogen and oxygen atoms in total. The number of aromatic nitrogens is 4. The summed E-state index contributed by atoms with van der Waals surface area (Å²) in [5.41, 5.74) is 2.49. The second kappa shape index (κ2) is 7.80. The van der Waals surface area contributed by atoms with Gasteiger partial charge in [-0.2, -0.15) is 5.10 Å². The van der Waals surface area contributed by atoms with E-state index in [2.05, 4.69) is 38.8 Å². The van der Waals surface area contributed by atoms with Crippen LogP contribution in [0.2, 0.25) is 0 Å². The summed E-state index contributed by atoms with van der Waals surface area (Å²) in [5, 5.41) is 6.89. The van der Waals surface area contributed by atoms with Gasteiger partial charge in [-0.15, -0.1) is 0 Å². The van der Waals surface area contributed by atoms with Crippen LogP contribution in [0.1, 0.15) is 25.6 Å². The third kappa shape index (κ3) is 3.74. The van der Waals surface area contributed by atoms with Gasteiger partial charge in [-0.25, -0.2) is 15.1 Å². The highest BCUT2D eigenvalue weighted by molar-refractivity contribution is 5.74. The highest BCUT2D eigenvalue weighted by atomic mass is 16.1. The second-order valence-electron chi connectivity index (χ2n) is 7.23. The van der Waals surface area contributed by atoms with Gasteiger partial charge in [-0.05, 0) is 6.07 Å². The molecule has 0 saturated carbocycles. The van der Waals surface area contributed by atoms with Crippen molar-refractivity contribution in [2.45, 2.75) is 19.8 Å². The summed E-state index contributed by atoms with van der Waals surface area (Å²) in [6.07, 6.45) is 1.83. The average molecular weight is 376 g/mol. The highest BCUT2D eigenvalue weighted by Gasteiger charge is 2.22. The summed E-state index contributed by atoms with van der Waals surface area (Å²) in [5.74, 6) is 2.13. The number of hydrogen-bond acceptors (Lipinski definition) is 6. The molecule has 1 N–H and O–H groups in total. The molecule has 0 spiro atoms. The first-order valence-electron chi connectivity index (χ1n) is 9.60. The number of benzene rings is 1. The van der Waals surface area contributed by atoms with Crippen molar-refractivity contribution in [3.63, 3.8) is 0 Å². The zero-order chi connectivity index (χ0) is 19.5. The molecule has 28 heavy (non-hydrogen) atoms. The first-order valence-corrected chi connectivity index (χ1v) is 9.60. The molecule has 1 fully saturated rings. The van der Waals surface area contributed by atoms with Crippen LogP contribution in [0.4, 0.5) is 11.5 Å². The molecule has 7 heteroatoms. The lowest BCUT2D eigenvalue weighted by molar-refractivity contribution is 0.640. The Morgan fingerprint density at radius 1 is 1.00 bits per heavy atom. The zero-order valence-electron chi connectivity index (χ0n) is 16.2. The Hall–Kier alpha value is -3.22. The van der Waals surface area contributed by atoms with Gasteiger partial charge in [0.05, 0.1) is 5.69 Å². The molecule has 3 aromatic rings. The van der Waals surface area contributed by atoms with Crippen LogP contribution in [0.5, 0.6) is 0 Å². The molecule has 144 valence electrons. The van der Waals surface area contributed by atoms with Crippen molar-refractivity contribution < 1.29 is 0 Å². The summed E-state index contributed by atoms with van der Waals surface area (Å²) < 4.78 is 0. The molecule has 4 rings (SSSR count). The van der Waals surface area contributed by atoms with E-state index >= 15 is 0 Å². The number of H-pyrrole nitrogens is 1. The van der Waals surface area contributed by atoms with Crippen LogP contribution >= 0.6 is 0 Å². The summed E-state index contributed by atoms with van der Waals surface area (Å²) in [7, 11) is 0. The van der Waals surface area contributed by atoms with E-state index in [1.54, 1.807) is 6.07 Å². The van der Waals surface area contributed by atoms with Crippen LogP contribution in [0.25, 0.3) is 11.3 Å². The number of nitrogens with zero attached hydrogens (tertiary/aromatic N) is 5. The van der Waals surface area contributed by atoms with E-state index in [0.29, 0.717) is 5.92 Å². The van der Waals surface area contributed by atoms with E-state index in [4.69, 9.17) is 4.98 Å². The minimum atomic E-state index is -0.186.